The van der Waals surface area contributed by atoms with Gasteiger partial charge in [-0.05, 0) is 48.2 Å². The van der Waals surface area contributed by atoms with Gasteiger partial charge >= 0.3 is 0 Å². The van der Waals surface area contributed by atoms with Crippen molar-refractivity contribution in [1.82, 2.24) is 0 Å². The van der Waals surface area contributed by atoms with Crippen LogP contribution in [0.1, 0.15) is 5.56 Å². The quantitative estimate of drug-likeness (QED) is 0.855. The van der Waals surface area contributed by atoms with Gasteiger partial charge in [0.05, 0.1) is 6.42 Å². The average molecular weight is 300 g/mol. The van der Waals surface area contributed by atoms with Gasteiger partial charge in [-0.3, -0.25) is 4.79 Å². The summed E-state index contributed by atoms with van der Waals surface area (Å²) in [6, 6.07) is 15.9. The number of nitrogens with zero attached hydrogens (tertiary/aromatic N) is 1. The summed E-state index contributed by atoms with van der Waals surface area (Å²) in [5.74, 6) is 0.00417. The van der Waals surface area contributed by atoms with Crippen LogP contribution in [0.15, 0.2) is 53.4 Å². The highest BCUT2D eigenvalue weighted by molar-refractivity contribution is 7.98. The Morgan fingerprint density at radius 1 is 1.05 bits per heavy atom. The highest BCUT2D eigenvalue weighted by Gasteiger charge is 2.04. The van der Waals surface area contributed by atoms with Crippen molar-refractivity contribution in [2.24, 2.45) is 0 Å². The van der Waals surface area contributed by atoms with E-state index in [1.807, 2.05) is 73.8 Å². The smallest absolute Gasteiger partial charge is 0.228 e. The molecule has 0 radical (unpaired) electrons. The Morgan fingerprint density at radius 2 is 1.67 bits per heavy atom. The van der Waals surface area contributed by atoms with E-state index in [0.717, 1.165) is 16.9 Å². The van der Waals surface area contributed by atoms with E-state index >= 15 is 0 Å². The van der Waals surface area contributed by atoms with Crippen LogP contribution in [-0.2, 0) is 11.2 Å². The molecule has 0 saturated carbocycles. The molecule has 0 heterocycles. The van der Waals surface area contributed by atoms with Crippen LogP contribution in [0.5, 0.6) is 0 Å². The topological polar surface area (TPSA) is 32.3 Å². The molecule has 0 aromatic heterocycles. The molecule has 0 fully saturated rings. The van der Waals surface area contributed by atoms with Crippen molar-refractivity contribution in [2.45, 2.75) is 11.3 Å². The predicted molar refractivity (Wildman–Crippen MR) is 91.3 cm³/mol. The number of hydrogen-bond donors (Lipinski definition) is 1. The molecule has 0 saturated heterocycles. The number of nitrogens with one attached hydrogen (secondary N) is 1. The zero-order valence-electron chi connectivity index (χ0n) is 12.6. The Hall–Kier alpha value is -1.94. The van der Waals surface area contributed by atoms with E-state index in [9.17, 15) is 4.79 Å². The molecule has 0 atom stereocenters. The van der Waals surface area contributed by atoms with Gasteiger partial charge in [-0.2, -0.15) is 0 Å². The van der Waals surface area contributed by atoms with Gasteiger partial charge in [-0.1, -0.05) is 12.1 Å². The summed E-state index contributed by atoms with van der Waals surface area (Å²) in [6.07, 6.45) is 2.43. The summed E-state index contributed by atoms with van der Waals surface area (Å²) in [7, 11) is 3.98. The van der Waals surface area contributed by atoms with Gasteiger partial charge in [0.25, 0.3) is 0 Å². The first-order chi connectivity index (χ1) is 10.1. The number of hydrogen-bond acceptors (Lipinski definition) is 3. The first-order valence-corrected chi connectivity index (χ1v) is 8.01. The van der Waals surface area contributed by atoms with E-state index in [4.69, 9.17) is 0 Å². The maximum atomic E-state index is 12.0. The van der Waals surface area contributed by atoms with Crippen molar-refractivity contribution >= 4 is 29.0 Å². The number of anilines is 2. The van der Waals surface area contributed by atoms with Crippen molar-refractivity contribution < 1.29 is 4.79 Å². The largest absolute Gasteiger partial charge is 0.378 e. The van der Waals surface area contributed by atoms with E-state index in [1.165, 1.54) is 4.90 Å². The fourth-order valence-electron chi connectivity index (χ4n) is 1.98. The molecule has 2 aromatic rings. The fraction of sp³-hybridized carbons (Fsp3) is 0.235. The van der Waals surface area contributed by atoms with Crippen LogP contribution in [0.2, 0.25) is 0 Å². The highest BCUT2D eigenvalue weighted by Crippen LogP contribution is 2.17. The number of carbonyl (C=O) groups is 1. The lowest BCUT2D eigenvalue weighted by Crippen LogP contribution is -2.14. The minimum absolute atomic E-state index is 0.00417. The average Bonchev–Trinajstić information content (AvgIpc) is 2.48. The van der Waals surface area contributed by atoms with Gasteiger partial charge < -0.3 is 10.2 Å². The van der Waals surface area contributed by atoms with E-state index < -0.39 is 0 Å². The summed E-state index contributed by atoms with van der Waals surface area (Å²) >= 11 is 1.70. The van der Waals surface area contributed by atoms with Gasteiger partial charge in [0.1, 0.15) is 0 Å². The van der Waals surface area contributed by atoms with E-state index in [-0.39, 0.29) is 5.91 Å². The van der Waals surface area contributed by atoms with Gasteiger partial charge in [-0.25, -0.2) is 0 Å². The molecule has 21 heavy (non-hydrogen) atoms. The zero-order chi connectivity index (χ0) is 15.2. The van der Waals surface area contributed by atoms with Crippen LogP contribution < -0.4 is 10.2 Å². The normalized spacial score (nSPS) is 10.2. The Morgan fingerprint density at radius 3 is 2.19 bits per heavy atom. The fourth-order valence-corrected chi connectivity index (χ4v) is 2.39. The van der Waals surface area contributed by atoms with Crippen LogP contribution in [0.25, 0.3) is 0 Å². The van der Waals surface area contributed by atoms with Crippen molar-refractivity contribution in [3.8, 4) is 0 Å². The second kappa shape index (κ2) is 7.18. The highest BCUT2D eigenvalue weighted by atomic mass is 32.2. The molecule has 2 aromatic carbocycles. The Kier molecular flexibility index (Phi) is 5.28. The van der Waals surface area contributed by atoms with Crippen LogP contribution >= 0.6 is 11.8 Å². The maximum Gasteiger partial charge on any atom is 0.228 e. The number of benzene rings is 2. The minimum Gasteiger partial charge on any atom is -0.378 e. The molecule has 0 unspecified atom stereocenters. The molecule has 0 aliphatic rings. The molecule has 0 bridgehead atoms. The van der Waals surface area contributed by atoms with Gasteiger partial charge in [0.15, 0.2) is 0 Å². The Labute approximate surface area is 130 Å². The predicted octanol–water partition coefficient (Wildman–Crippen LogP) is 3.66. The molecule has 110 valence electrons. The molecule has 2 rings (SSSR count). The van der Waals surface area contributed by atoms with E-state index in [2.05, 4.69) is 5.32 Å². The molecule has 0 spiro atoms. The van der Waals surface area contributed by atoms with Crippen molar-refractivity contribution in [1.29, 1.82) is 0 Å². The van der Waals surface area contributed by atoms with E-state index in [0.29, 0.717) is 6.42 Å². The van der Waals surface area contributed by atoms with Crippen molar-refractivity contribution in [3.05, 3.63) is 54.1 Å². The second-order valence-electron chi connectivity index (χ2n) is 5.01. The molecule has 1 amide bonds. The summed E-state index contributed by atoms with van der Waals surface area (Å²) in [6.45, 7) is 0. The monoisotopic (exact) mass is 300 g/mol. The molecule has 3 nitrogen and oxygen atoms in total. The maximum absolute atomic E-state index is 12.0. The van der Waals surface area contributed by atoms with Gasteiger partial charge in [0.2, 0.25) is 5.91 Å². The second-order valence-corrected chi connectivity index (χ2v) is 5.89. The first kappa shape index (κ1) is 15.4. The molecule has 0 aliphatic heterocycles. The van der Waals surface area contributed by atoms with Crippen molar-refractivity contribution in [3.63, 3.8) is 0 Å². The third-order valence-corrected chi connectivity index (χ3v) is 3.93. The molecule has 0 aliphatic carbocycles. The number of carbonyl (C=O) groups excluding carboxylic acids is 1. The molecule has 1 N–H and O–H groups in total. The SMILES string of the molecule is CSc1ccc(CC(=O)Nc2ccc(N(C)C)cc2)cc1. The zero-order valence-corrected chi connectivity index (χ0v) is 13.4. The standard InChI is InChI=1S/C17H20N2OS/c1-19(2)15-8-6-14(7-9-15)18-17(20)12-13-4-10-16(21-3)11-5-13/h4-11H,12H2,1-3H3,(H,18,20). The third-order valence-electron chi connectivity index (χ3n) is 3.19. The lowest BCUT2D eigenvalue weighted by Gasteiger charge is -2.13. The summed E-state index contributed by atoms with van der Waals surface area (Å²) < 4.78 is 0. The summed E-state index contributed by atoms with van der Waals surface area (Å²) in [5.41, 5.74) is 2.96. The van der Waals surface area contributed by atoms with E-state index in [1.54, 1.807) is 11.8 Å². The van der Waals surface area contributed by atoms with Crippen LogP contribution in [0, 0.1) is 0 Å². The molecular weight excluding hydrogens is 280 g/mol. The summed E-state index contributed by atoms with van der Waals surface area (Å²) in [5, 5.41) is 2.92. The van der Waals surface area contributed by atoms with Crippen molar-refractivity contribution in [2.75, 3.05) is 30.6 Å². The minimum atomic E-state index is 0.00417. The Balaban J connectivity index is 1.94. The molecular formula is C17H20N2OS. The van der Waals surface area contributed by atoms with Gasteiger partial charge in [0, 0.05) is 30.4 Å². The lowest BCUT2D eigenvalue weighted by molar-refractivity contribution is -0.115. The van der Waals surface area contributed by atoms with Crippen LogP contribution in [0.4, 0.5) is 11.4 Å². The number of rotatable bonds is 5. The first-order valence-electron chi connectivity index (χ1n) is 6.78. The van der Waals surface area contributed by atoms with Crippen LogP contribution in [-0.4, -0.2) is 26.3 Å². The summed E-state index contributed by atoms with van der Waals surface area (Å²) in [4.78, 5) is 15.3. The van der Waals surface area contributed by atoms with Gasteiger partial charge in [-0.15, -0.1) is 11.8 Å². The third kappa shape index (κ3) is 4.53. The Bertz CT molecular complexity index is 591. The molecule has 4 heteroatoms. The lowest BCUT2D eigenvalue weighted by atomic mass is 10.1. The number of amides is 1. The van der Waals surface area contributed by atoms with Crippen LogP contribution in [0.3, 0.4) is 0 Å². The number of thioether (sulfide) groups is 1.